The van der Waals surface area contributed by atoms with Crippen molar-refractivity contribution in [3.05, 3.63) is 89.7 Å². The molecule has 3 heterocycles. The van der Waals surface area contributed by atoms with Crippen LogP contribution in [0.2, 0.25) is 0 Å². The number of rotatable bonds is 9. The lowest BCUT2D eigenvalue weighted by Crippen LogP contribution is -2.44. The SMILES string of the molecule is COc1ccc([C@@H]2SCC(=O)N(CC(=O)NC[C@@H]3CCCO3)c3c2c(-c2ccccc2)nn3-c2ccc(F)cc2)cc1OC. The van der Waals surface area contributed by atoms with Gasteiger partial charge < -0.3 is 19.5 Å². The molecule has 44 heavy (non-hydrogen) atoms. The second-order valence-electron chi connectivity index (χ2n) is 10.6. The van der Waals surface area contributed by atoms with Crippen LogP contribution in [0.15, 0.2) is 72.8 Å². The Morgan fingerprint density at radius 2 is 1.84 bits per heavy atom. The van der Waals surface area contributed by atoms with Crippen LogP contribution in [0.5, 0.6) is 11.5 Å². The zero-order chi connectivity index (χ0) is 30.6. The lowest BCUT2D eigenvalue weighted by atomic mass is 9.99. The molecule has 0 radical (unpaired) electrons. The summed E-state index contributed by atoms with van der Waals surface area (Å²) in [6.45, 7) is 0.852. The smallest absolute Gasteiger partial charge is 0.240 e. The van der Waals surface area contributed by atoms with E-state index in [0.717, 1.165) is 29.5 Å². The number of thioether (sulfide) groups is 1. The highest BCUT2D eigenvalue weighted by Crippen LogP contribution is 2.49. The second kappa shape index (κ2) is 13.1. The maximum Gasteiger partial charge on any atom is 0.240 e. The number of benzene rings is 3. The van der Waals surface area contributed by atoms with Crippen LogP contribution in [0.1, 0.15) is 29.2 Å². The number of ether oxygens (including phenoxy) is 3. The molecule has 11 heteroatoms. The van der Waals surface area contributed by atoms with E-state index < -0.39 is 5.82 Å². The molecule has 2 aliphatic rings. The van der Waals surface area contributed by atoms with E-state index in [9.17, 15) is 14.0 Å². The molecule has 0 spiro atoms. The lowest BCUT2D eigenvalue weighted by molar-refractivity contribution is -0.123. The summed E-state index contributed by atoms with van der Waals surface area (Å²) >= 11 is 1.45. The van der Waals surface area contributed by atoms with Crippen molar-refractivity contribution < 1.29 is 28.2 Å². The normalized spacial score (nSPS) is 18.1. The minimum absolute atomic E-state index is 0.0336. The fourth-order valence-corrected chi connectivity index (χ4v) is 6.79. The molecule has 2 atom stereocenters. The first-order valence-electron chi connectivity index (χ1n) is 14.4. The van der Waals surface area contributed by atoms with Crippen LogP contribution in [0.4, 0.5) is 10.2 Å². The second-order valence-corrected chi connectivity index (χ2v) is 11.7. The summed E-state index contributed by atoms with van der Waals surface area (Å²) in [5, 5.41) is 7.62. The Bertz CT molecular complexity index is 1640. The van der Waals surface area contributed by atoms with Gasteiger partial charge in [0.15, 0.2) is 11.5 Å². The fraction of sp³-hybridized carbons (Fsp3) is 0.303. The van der Waals surface area contributed by atoms with Crippen molar-refractivity contribution in [2.75, 3.05) is 44.6 Å². The molecule has 1 fully saturated rings. The third-order valence-corrected chi connectivity index (χ3v) is 9.03. The topological polar surface area (TPSA) is 94.9 Å². The Labute approximate surface area is 259 Å². The summed E-state index contributed by atoms with van der Waals surface area (Å²) in [7, 11) is 3.16. The number of hydrogen-bond acceptors (Lipinski definition) is 7. The Hall–Kier alpha value is -4.35. The number of anilines is 1. The number of nitrogens with one attached hydrogen (secondary N) is 1. The Balaban J connectivity index is 1.52. The predicted molar refractivity (Wildman–Crippen MR) is 167 cm³/mol. The molecule has 0 saturated carbocycles. The third-order valence-electron chi connectivity index (χ3n) is 7.77. The molecule has 1 aromatic heterocycles. The Morgan fingerprint density at radius 1 is 1.07 bits per heavy atom. The van der Waals surface area contributed by atoms with Crippen molar-refractivity contribution in [2.45, 2.75) is 24.2 Å². The number of aromatic nitrogens is 2. The van der Waals surface area contributed by atoms with E-state index in [4.69, 9.17) is 19.3 Å². The van der Waals surface area contributed by atoms with E-state index in [2.05, 4.69) is 5.32 Å². The summed E-state index contributed by atoms with van der Waals surface area (Å²) in [4.78, 5) is 28.7. The van der Waals surface area contributed by atoms with Crippen molar-refractivity contribution >= 4 is 29.4 Å². The number of methoxy groups -OCH3 is 2. The molecule has 9 nitrogen and oxygen atoms in total. The summed E-state index contributed by atoms with van der Waals surface area (Å²) < 4.78 is 32.4. The molecule has 3 aromatic carbocycles. The van der Waals surface area contributed by atoms with Gasteiger partial charge in [-0.1, -0.05) is 36.4 Å². The number of amides is 2. The van der Waals surface area contributed by atoms with Crippen LogP contribution in [-0.4, -0.2) is 67.4 Å². The van der Waals surface area contributed by atoms with Gasteiger partial charge in [-0.2, -0.15) is 5.10 Å². The molecule has 2 amide bonds. The summed E-state index contributed by atoms with van der Waals surface area (Å²) in [6, 6.07) is 21.3. The van der Waals surface area contributed by atoms with Gasteiger partial charge in [0.2, 0.25) is 11.8 Å². The molecule has 1 N–H and O–H groups in total. The van der Waals surface area contributed by atoms with Gasteiger partial charge in [-0.05, 0) is 54.8 Å². The highest BCUT2D eigenvalue weighted by Gasteiger charge is 2.38. The number of carbonyl (C=O) groups is 2. The van der Waals surface area contributed by atoms with Gasteiger partial charge >= 0.3 is 0 Å². The summed E-state index contributed by atoms with van der Waals surface area (Å²) in [6.07, 6.45) is 1.81. The van der Waals surface area contributed by atoms with E-state index in [1.807, 2.05) is 48.5 Å². The molecule has 6 rings (SSSR count). The van der Waals surface area contributed by atoms with Gasteiger partial charge in [0.25, 0.3) is 0 Å². The van der Waals surface area contributed by atoms with E-state index in [1.54, 1.807) is 31.0 Å². The van der Waals surface area contributed by atoms with Gasteiger partial charge in [-0.25, -0.2) is 9.07 Å². The zero-order valence-corrected chi connectivity index (χ0v) is 25.3. The number of fused-ring (bicyclic) bond motifs is 1. The van der Waals surface area contributed by atoms with Crippen LogP contribution < -0.4 is 19.7 Å². The molecule has 2 aliphatic heterocycles. The quantitative estimate of drug-likeness (QED) is 0.278. The van der Waals surface area contributed by atoms with Gasteiger partial charge in [0.1, 0.15) is 18.2 Å². The molecule has 0 bridgehead atoms. The highest BCUT2D eigenvalue weighted by molar-refractivity contribution is 8.00. The van der Waals surface area contributed by atoms with Crippen molar-refractivity contribution in [1.29, 1.82) is 0 Å². The van der Waals surface area contributed by atoms with Gasteiger partial charge in [-0.15, -0.1) is 11.8 Å². The highest BCUT2D eigenvalue weighted by atomic mass is 32.2. The van der Waals surface area contributed by atoms with Crippen LogP contribution >= 0.6 is 11.8 Å². The van der Waals surface area contributed by atoms with Gasteiger partial charge in [-0.3, -0.25) is 14.5 Å². The first-order chi connectivity index (χ1) is 21.5. The van der Waals surface area contributed by atoms with E-state index in [0.29, 0.717) is 41.8 Å². The average molecular weight is 617 g/mol. The molecule has 0 aliphatic carbocycles. The van der Waals surface area contributed by atoms with E-state index >= 15 is 0 Å². The van der Waals surface area contributed by atoms with E-state index in [-0.39, 0.29) is 35.5 Å². The van der Waals surface area contributed by atoms with Crippen molar-refractivity contribution in [1.82, 2.24) is 15.1 Å². The number of nitrogens with zero attached hydrogens (tertiary/aromatic N) is 3. The molecule has 4 aromatic rings. The average Bonchev–Trinajstić information content (AvgIpc) is 3.69. The molecular weight excluding hydrogens is 583 g/mol. The van der Waals surface area contributed by atoms with Crippen LogP contribution in [0.3, 0.4) is 0 Å². The van der Waals surface area contributed by atoms with E-state index in [1.165, 1.54) is 28.8 Å². The van der Waals surface area contributed by atoms with Crippen molar-refractivity contribution in [3.8, 4) is 28.4 Å². The zero-order valence-electron chi connectivity index (χ0n) is 24.5. The fourth-order valence-electron chi connectivity index (χ4n) is 5.60. The Morgan fingerprint density at radius 3 is 2.55 bits per heavy atom. The van der Waals surface area contributed by atoms with Gasteiger partial charge in [0.05, 0.1) is 42.7 Å². The predicted octanol–water partition coefficient (Wildman–Crippen LogP) is 5.16. The van der Waals surface area contributed by atoms with Crippen LogP contribution in [0, 0.1) is 5.82 Å². The first kappa shape index (κ1) is 29.7. The maximum absolute atomic E-state index is 14.0. The van der Waals surface area contributed by atoms with Crippen molar-refractivity contribution in [3.63, 3.8) is 0 Å². The Kier molecular flexibility index (Phi) is 8.85. The minimum atomic E-state index is -0.393. The van der Waals surface area contributed by atoms with Gasteiger partial charge in [0, 0.05) is 24.3 Å². The lowest BCUT2D eigenvalue weighted by Gasteiger charge is -2.23. The maximum atomic E-state index is 14.0. The molecule has 0 unspecified atom stereocenters. The first-order valence-corrected chi connectivity index (χ1v) is 15.5. The number of hydrogen-bond donors (Lipinski definition) is 1. The largest absolute Gasteiger partial charge is 0.493 e. The molecular formula is C33H33FN4O5S. The molecule has 228 valence electrons. The number of carbonyl (C=O) groups excluding carboxylic acids is 2. The molecule has 1 saturated heterocycles. The standard InChI is InChI=1S/C33H33FN4O5S/c1-41-26-15-10-22(17-27(26)42-2)32-30-31(21-7-4-3-5-8-21)36-38(24-13-11-23(34)12-14-24)33(30)37(29(40)20-44-32)19-28(39)35-18-25-9-6-16-43-25/h3-5,7-8,10-15,17,25,32H,6,9,16,18-20H2,1-2H3,(H,35,39)/t25-,32-/m0/s1. The minimum Gasteiger partial charge on any atom is -0.493 e. The monoisotopic (exact) mass is 616 g/mol. The van der Waals surface area contributed by atoms with Crippen LogP contribution in [-0.2, 0) is 14.3 Å². The summed E-state index contributed by atoms with van der Waals surface area (Å²) in [5.41, 5.74) is 3.68. The van der Waals surface area contributed by atoms with Crippen LogP contribution in [0.25, 0.3) is 16.9 Å². The van der Waals surface area contributed by atoms with Crippen molar-refractivity contribution in [2.24, 2.45) is 0 Å². The number of halogens is 1. The third kappa shape index (κ3) is 6.02. The summed E-state index contributed by atoms with van der Waals surface area (Å²) in [5.74, 6) is 0.774.